The third-order valence-corrected chi connectivity index (χ3v) is 3.04. The molecular weight excluding hydrogens is 304 g/mol. The zero-order chi connectivity index (χ0) is 15.8. The van der Waals surface area contributed by atoms with Crippen molar-refractivity contribution in [1.82, 2.24) is 10.8 Å². The van der Waals surface area contributed by atoms with Gasteiger partial charge in [0, 0.05) is 10.6 Å². The third-order valence-electron chi connectivity index (χ3n) is 2.78. The number of hydrogen-bond acceptors (Lipinski definition) is 3. The Hall–Kier alpha value is -2.37. The summed E-state index contributed by atoms with van der Waals surface area (Å²) >= 11 is 5.74. The summed E-state index contributed by atoms with van der Waals surface area (Å²) in [4.78, 5) is 28.4. The van der Waals surface area contributed by atoms with Crippen LogP contribution in [0.5, 0.6) is 0 Å². The fourth-order valence-corrected chi connectivity index (χ4v) is 1.80. The molecule has 2 rings (SSSR count). The van der Waals surface area contributed by atoms with Crippen molar-refractivity contribution in [3.63, 3.8) is 0 Å². The molecule has 2 aromatic rings. The highest BCUT2D eigenvalue weighted by atomic mass is 35.5. The van der Waals surface area contributed by atoms with Gasteiger partial charge in [-0.05, 0) is 29.8 Å². The molecule has 0 fully saturated rings. The highest BCUT2D eigenvalue weighted by Crippen LogP contribution is 2.09. The van der Waals surface area contributed by atoms with Gasteiger partial charge < -0.3 is 5.32 Å². The van der Waals surface area contributed by atoms with Crippen molar-refractivity contribution < 1.29 is 14.4 Å². The maximum absolute atomic E-state index is 11.8. The number of carbonyl (C=O) groups is 2. The van der Waals surface area contributed by atoms with Gasteiger partial charge in [0.05, 0.1) is 13.2 Å². The summed E-state index contributed by atoms with van der Waals surface area (Å²) in [6.07, 6.45) is 0. The summed E-state index contributed by atoms with van der Waals surface area (Å²) in [5, 5.41) is 3.04. The van der Waals surface area contributed by atoms with Crippen molar-refractivity contribution in [2.75, 3.05) is 6.54 Å². The molecule has 6 heteroatoms. The molecule has 0 unspecified atom stereocenters. The van der Waals surface area contributed by atoms with E-state index >= 15 is 0 Å². The SMILES string of the molecule is O=C(CNC(=O)c1ccc(Cl)cc1)NOCc1ccccc1. The van der Waals surface area contributed by atoms with Gasteiger partial charge in [0.1, 0.15) is 0 Å². The van der Waals surface area contributed by atoms with Gasteiger partial charge in [0.2, 0.25) is 0 Å². The number of carbonyl (C=O) groups excluding carboxylic acids is 2. The van der Waals surface area contributed by atoms with Crippen LogP contribution >= 0.6 is 11.6 Å². The average molecular weight is 319 g/mol. The molecule has 0 radical (unpaired) electrons. The second-order valence-corrected chi connectivity index (χ2v) is 4.93. The van der Waals surface area contributed by atoms with E-state index in [0.717, 1.165) is 5.56 Å². The number of hydroxylamine groups is 1. The van der Waals surface area contributed by atoms with Gasteiger partial charge in [-0.3, -0.25) is 14.4 Å². The molecule has 2 N–H and O–H groups in total. The average Bonchev–Trinajstić information content (AvgIpc) is 2.54. The van der Waals surface area contributed by atoms with E-state index in [9.17, 15) is 9.59 Å². The predicted molar refractivity (Wildman–Crippen MR) is 83.2 cm³/mol. The molecule has 2 amide bonds. The molecule has 0 bridgehead atoms. The van der Waals surface area contributed by atoms with Crippen molar-refractivity contribution in [1.29, 1.82) is 0 Å². The summed E-state index contributed by atoms with van der Waals surface area (Å²) in [7, 11) is 0. The van der Waals surface area contributed by atoms with Crippen LogP contribution < -0.4 is 10.8 Å². The summed E-state index contributed by atoms with van der Waals surface area (Å²) in [6, 6.07) is 15.8. The van der Waals surface area contributed by atoms with E-state index in [1.807, 2.05) is 30.3 Å². The number of benzene rings is 2. The minimum absolute atomic E-state index is 0.170. The maximum Gasteiger partial charge on any atom is 0.262 e. The number of amides is 2. The third kappa shape index (κ3) is 5.20. The Morgan fingerprint density at radius 1 is 1.00 bits per heavy atom. The molecule has 0 aliphatic rings. The first-order valence-electron chi connectivity index (χ1n) is 6.63. The van der Waals surface area contributed by atoms with Gasteiger partial charge in [0.25, 0.3) is 11.8 Å². The second kappa shape index (κ2) is 8.17. The molecule has 114 valence electrons. The Balaban J connectivity index is 1.69. The van der Waals surface area contributed by atoms with Crippen molar-refractivity contribution in [2.24, 2.45) is 0 Å². The number of halogens is 1. The molecule has 2 aromatic carbocycles. The van der Waals surface area contributed by atoms with E-state index in [2.05, 4.69) is 10.8 Å². The summed E-state index contributed by atoms with van der Waals surface area (Å²) in [5.41, 5.74) is 3.64. The van der Waals surface area contributed by atoms with E-state index in [0.29, 0.717) is 10.6 Å². The van der Waals surface area contributed by atoms with Gasteiger partial charge in [0.15, 0.2) is 0 Å². The lowest BCUT2D eigenvalue weighted by molar-refractivity contribution is -0.133. The molecule has 0 saturated carbocycles. The monoisotopic (exact) mass is 318 g/mol. The van der Waals surface area contributed by atoms with Crippen LogP contribution in [0.2, 0.25) is 5.02 Å². The van der Waals surface area contributed by atoms with E-state index in [1.165, 1.54) is 0 Å². The zero-order valence-electron chi connectivity index (χ0n) is 11.7. The first-order valence-corrected chi connectivity index (χ1v) is 7.01. The Labute approximate surface area is 133 Å². The van der Waals surface area contributed by atoms with Gasteiger partial charge in [-0.25, -0.2) is 5.48 Å². The van der Waals surface area contributed by atoms with E-state index < -0.39 is 5.91 Å². The van der Waals surface area contributed by atoms with Crippen LogP contribution in [0.15, 0.2) is 54.6 Å². The summed E-state index contributed by atoms with van der Waals surface area (Å²) < 4.78 is 0. The largest absolute Gasteiger partial charge is 0.343 e. The van der Waals surface area contributed by atoms with Gasteiger partial charge in [-0.2, -0.15) is 0 Å². The highest BCUT2D eigenvalue weighted by molar-refractivity contribution is 6.30. The lowest BCUT2D eigenvalue weighted by Gasteiger charge is -2.07. The minimum atomic E-state index is -0.432. The summed E-state index contributed by atoms with van der Waals surface area (Å²) in [6.45, 7) is 0.0912. The fourth-order valence-electron chi connectivity index (χ4n) is 1.67. The van der Waals surface area contributed by atoms with Crippen molar-refractivity contribution in [2.45, 2.75) is 6.61 Å². The molecule has 0 spiro atoms. The van der Waals surface area contributed by atoms with Crippen LogP contribution in [0.1, 0.15) is 15.9 Å². The molecule has 0 aliphatic carbocycles. The molecule has 0 atom stereocenters. The van der Waals surface area contributed by atoms with Crippen LogP contribution in [-0.4, -0.2) is 18.4 Å². The topological polar surface area (TPSA) is 67.4 Å². The van der Waals surface area contributed by atoms with E-state index in [4.69, 9.17) is 16.4 Å². The number of hydrogen-bond donors (Lipinski definition) is 2. The Morgan fingerprint density at radius 3 is 2.36 bits per heavy atom. The molecule has 22 heavy (non-hydrogen) atoms. The Morgan fingerprint density at radius 2 is 1.68 bits per heavy atom. The molecular formula is C16H15ClN2O3. The van der Waals surface area contributed by atoms with Crippen LogP contribution in [0.3, 0.4) is 0 Å². The minimum Gasteiger partial charge on any atom is -0.343 e. The van der Waals surface area contributed by atoms with Gasteiger partial charge in [-0.15, -0.1) is 0 Å². The van der Waals surface area contributed by atoms with Crippen molar-refractivity contribution in [3.8, 4) is 0 Å². The van der Waals surface area contributed by atoms with E-state index in [1.54, 1.807) is 24.3 Å². The van der Waals surface area contributed by atoms with Crippen LogP contribution in [0.25, 0.3) is 0 Å². The normalized spacial score (nSPS) is 10.0. The van der Waals surface area contributed by atoms with Gasteiger partial charge >= 0.3 is 0 Å². The van der Waals surface area contributed by atoms with Crippen LogP contribution in [-0.2, 0) is 16.2 Å². The number of rotatable bonds is 6. The lowest BCUT2D eigenvalue weighted by atomic mass is 10.2. The first-order chi connectivity index (χ1) is 10.6. The van der Waals surface area contributed by atoms with Gasteiger partial charge in [-0.1, -0.05) is 41.9 Å². The molecule has 0 aliphatic heterocycles. The highest BCUT2D eigenvalue weighted by Gasteiger charge is 2.07. The standard InChI is InChI=1S/C16H15ClN2O3/c17-14-8-6-13(7-9-14)16(21)18-10-15(20)19-22-11-12-4-2-1-3-5-12/h1-9H,10-11H2,(H,18,21)(H,19,20). The predicted octanol–water partition coefficient (Wildman–Crippen LogP) is 2.32. The quantitative estimate of drug-likeness (QED) is 0.803. The molecule has 0 aromatic heterocycles. The van der Waals surface area contributed by atoms with Crippen molar-refractivity contribution >= 4 is 23.4 Å². The van der Waals surface area contributed by atoms with Crippen LogP contribution in [0.4, 0.5) is 0 Å². The Bertz CT molecular complexity index is 630. The Kier molecular flexibility index (Phi) is 5.94. The van der Waals surface area contributed by atoms with Crippen LogP contribution in [0, 0.1) is 0 Å². The van der Waals surface area contributed by atoms with E-state index in [-0.39, 0.29) is 19.1 Å². The number of nitrogens with one attached hydrogen (secondary N) is 2. The van der Waals surface area contributed by atoms with Crippen molar-refractivity contribution in [3.05, 3.63) is 70.7 Å². The molecule has 0 heterocycles. The first kappa shape index (κ1) is 16.0. The summed E-state index contributed by atoms with van der Waals surface area (Å²) in [5.74, 6) is -0.784. The smallest absolute Gasteiger partial charge is 0.262 e. The fraction of sp³-hybridized carbons (Fsp3) is 0.125. The zero-order valence-corrected chi connectivity index (χ0v) is 12.5. The maximum atomic E-state index is 11.8. The molecule has 5 nitrogen and oxygen atoms in total. The molecule has 0 saturated heterocycles. The second-order valence-electron chi connectivity index (χ2n) is 4.49. The lowest BCUT2D eigenvalue weighted by Crippen LogP contribution is -2.36.